The number of hydrogen-bond donors (Lipinski definition) is 0. The standard InChI is InChI=1S/C16H26BrNO/c1-11-9-12(17)13(18-10-11)19-16(7,8)15(5,6)14(2,3)4/h9-10H,1-8H3. The molecule has 0 aliphatic rings. The van der Waals surface area contributed by atoms with E-state index < -0.39 is 0 Å². The van der Waals surface area contributed by atoms with Crippen LogP contribution in [-0.2, 0) is 0 Å². The summed E-state index contributed by atoms with van der Waals surface area (Å²) >= 11 is 3.53. The number of nitrogens with zero attached hydrogens (tertiary/aromatic N) is 1. The first-order chi connectivity index (χ1) is 8.38. The summed E-state index contributed by atoms with van der Waals surface area (Å²) in [4.78, 5) is 4.39. The molecule has 0 saturated carbocycles. The van der Waals surface area contributed by atoms with Gasteiger partial charge in [0.1, 0.15) is 5.60 Å². The summed E-state index contributed by atoms with van der Waals surface area (Å²) in [6.45, 7) is 17.5. The van der Waals surface area contributed by atoms with Crippen LogP contribution in [0.4, 0.5) is 0 Å². The molecule has 1 aromatic rings. The molecule has 19 heavy (non-hydrogen) atoms. The molecule has 0 atom stereocenters. The fourth-order valence-corrected chi connectivity index (χ4v) is 2.41. The molecule has 1 aromatic heterocycles. The lowest BCUT2D eigenvalue weighted by molar-refractivity contribution is -0.0783. The third kappa shape index (κ3) is 3.31. The van der Waals surface area contributed by atoms with Crippen LogP contribution in [0.25, 0.3) is 0 Å². The molecule has 0 unspecified atom stereocenters. The van der Waals surface area contributed by atoms with Crippen molar-refractivity contribution in [2.24, 2.45) is 10.8 Å². The van der Waals surface area contributed by atoms with E-state index in [0.717, 1.165) is 10.0 Å². The largest absolute Gasteiger partial charge is 0.470 e. The lowest BCUT2D eigenvalue weighted by Crippen LogP contribution is -2.51. The summed E-state index contributed by atoms with van der Waals surface area (Å²) in [6, 6.07) is 2.03. The zero-order valence-corrected chi connectivity index (χ0v) is 15.0. The van der Waals surface area contributed by atoms with Crippen LogP contribution < -0.4 is 4.74 Å². The lowest BCUT2D eigenvalue weighted by atomic mass is 9.61. The maximum atomic E-state index is 6.22. The number of aromatic nitrogens is 1. The molecular weight excluding hydrogens is 302 g/mol. The molecule has 3 heteroatoms. The van der Waals surface area contributed by atoms with Gasteiger partial charge in [-0.25, -0.2) is 4.98 Å². The minimum atomic E-state index is -0.323. The molecule has 0 saturated heterocycles. The Morgan fingerprint density at radius 1 is 1.05 bits per heavy atom. The average Bonchev–Trinajstić information content (AvgIpc) is 2.20. The van der Waals surface area contributed by atoms with E-state index in [1.807, 2.05) is 19.2 Å². The van der Waals surface area contributed by atoms with Gasteiger partial charge in [-0.1, -0.05) is 34.6 Å². The number of halogens is 1. The summed E-state index contributed by atoms with van der Waals surface area (Å²) in [5.41, 5.74) is 0.919. The number of aryl methyl sites for hydroxylation is 1. The molecule has 0 spiro atoms. The van der Waals surface area contributed by atoms with E-state index in [9.17, 15) is 0 Å². The van der Waals surface area contributed by atoms with Gasteiger partial charge >= 0.3 is 0 Å². The van der Waals surface area contributed by atoms with E-state index in [2.05, 4.69) is 69.4 Å². The van der Waals surface area contributed by atoms with Crippen molar-refractivity contribution in [1.82, 2.24) is 4.98 Å². The topological polar surface area (TPSA) is 22.1 Å². The Labute approximate surface area is 126 Å². The smallest absolute Gasteiger partial charge is 0.228 e. The zero-order valence-electron chi connectivity index (χ0n) is 13.4. The molecule has 0 radical (unpaired) electrons. The lowest BCUT2D eigenvalue weighted by Gasteiger charge is -2.49. The van der Waals surface area contributed by atoms with Gasteiger partial charge in [-0.2, -0.15) is 0 Å². The van der Waals surface area contributed by atoms with Crippen LogP contribution in [0.2, 0.25) is 0 Å². The molecule has 0 bridgehead atoms. The van der Waals surface area contributed by atoms with Gasteiger partial charge in [-0.05, 0) is 53.7 Å². The molecule has 0 N–H and O–H groups in total. The molecule has 0 amide bonds. The number of rotatable bonds is 3. The highest BCUT2D eigenvalue weighted by atomic mass is 79.9. The predicted octanol–water partition coefficient (Wildman–Crippen LogP) is 5.38. The van der Waals surface area contributed by atoms with Crippen LogP contribution >= 0.6 is 15.9 Å². The van der Waals surface area contributed by atoms with Crippen molar-refractivity contribution in [3.05, 3.63) is 22.3 Å². The Hall–Kier alpha value is -0.570. The van der Waals surface area contributed by atoms with Crippen LogP contribution in [-0.4, -0.2) is 10.6 Å². The van der Waals surface area contributed by atoms with Gasteiger partial charge in [0.05, 0.1) is 4.47 Å². The highest BCUT2D eigenvalue weighted by Gasteiger charge is 2.47. The molecular formula is C16H26BrNO. The van der Waals surface area contributed by atoms with Gasteiger partial charge in [0.2, 0.25) is 5.88 Å². The maximum absolute atomic E-state index is 6.22. The second kappa shape index (κ2) is 5.08. The SMILES string of the molecule is Cc1cnc(OC(C)(C)C(C)(C)C(C)(C)C)c(Br)c1. The molecule has 0 fully saturated rings. The Bertz CT molecular complexity index is 458. The van der Waals surface area contributed by atoms with Crippen molar-refractivity contribution in [3.63, 3.8) is 0 Å². The van der Waals surface area contributed by atoms with Crippen molar-refractivity contribution in [3.8, 4) is 5.88 Å². The third-order valence-corrected chi connectivity index (χ3v) is 5.24. The van der Waals surface area contributed by atoms with Crippen molar-refractivity contribution < 1.29 is 4.74 Å². The van der Waals surface area contributed by atoms with E-state index in [4.69, 9.17) is 4.74 Å². The predicted molar refractivity (Wildman–Crippen MR) is 84.6 cm³/mol. The highest BCUT2D eigenvalue weighted by Crippen LogP contribution is 2.48. The zero-order chi connectivity index (χ0) is 15.1. The van der Waals surface area contributed by atoms with Gasteiger partial charge < -0.3 is 4.74 Å². The summed E-state index contributed by atoms with van der Waals surface area (Å²) in [7, 11) is 0. The number of pyridine rings is 1. The molecule has 2 nitrogen and oxygen atoms in total. The molecule has 108 valence electrons. The Kier molecular flexibility index (Phi) is 4.41. The maximum Gasteiger partial charge on any atom is 0.228 e. The molecule has 0 aromatic carbocycles. The van der Waals surface area contributed by atoms with Gasteiger partial charge in [-0.15, -0.1) is 0 Å². The van der Waals surface area contributed by atoms with Crippen LogP contribution in [0.5, 0.6) is 5.88 Å². The summed E-state index contributed by atoms with van der Waals surface area (Å²) < 4.78 is 7.13. The Morgan fingerprint density at radius 3 is 2.00 bits per heavy atom. The minimum absolute atomic E-state index is 0.00793. The van der Waals surface area contributed by atoms with E-state index in [-0.39, 0.29) is 16.4 Å². The first kappa shape index (κ1) is 16.5. The van der Waals surface area contributed by atoms with Crippen molar-refractivity contribution in [2.45, 2.75) is 61.0 Å². The van der Waals surface area contributed by atoms with Gasteiger partial charge in [-0.3, -0.25) is 0 Å². The summed E-state index contributed by atoms with van der Waals surface area (Å²) in [5.74, 6) is 0.660. The van der Waals surface area contributed by atoms with Crippen molar-refractivity contribution in [1.29, 1.82) is 0 Å². The van der Waals surface area contributed by atoms with Crippen LogP contribution in [0.15, 0.2) is 16.7 Å². The van der Waals surface area contributed by atoms with Gasteiger partial charge in [0, 0.05) is 11.6 Å². The van der Waals surface area contributed by atoms with Gasteiger partial charge in [0.25, 0.3) is 0 Å². The van der Waals surface area contributed by atoms with E-state index in [1.165, 1.54) is 0 Å². The molecule has 1 rings (SSSR count). The molecule has 0 aliphatic heterocycles. The van der Waals surface area contributed by atoms with Crippen LogP contribution in [0.1, 0.15) is 54.0 Å². The van der Waals surface area contributed by atoms with Crippen LogP contribution in [0, 0.1) is 17.8 Å². The first-order valence-corrected chi connectivity index (χ1v) is 7.49. The average molecular weight is 328 g/mol. The van der Waals surface area contributed by atoms with E-state index >= 15 is 0 Å². The second-order valence-corrected chi connectivity index (χ2v) is 8.14. The van der Waals surface area contributed by atoms with Crippen molar-refractivity contribution >= 4 is 15.9 Å². The summed E-state index contributed by atoms with van der Waals surface area (Å²) in [6.07, 6.45) is 1.83. The fourth-order valence-electron chi connectivity index (χ4n) is 1.87. The highest BCUT2D eigenvalue weighted by molar-refractivity contribution is 9.10. The number of ether oxygens (including phenoxy) is 1. The quantitative estimate of drug-likeness (QED) is 0.743. The Morgan fingerprint density at radius 2 is 1.58 bits per heavy atom. The van der Waals surface area contributed by atoms with E-state index in [1.54, 1.807) is 0 Å². The van der Waals surface area contributed by atoms with Crippen molar-refractivity contribution in [2.75, 3.05) is 0 Å². The fraction of sp³-hybridized carbons (Fsp3) is 0.688. The third-order valence-electron chi connectivity index (χ3n) is 4.68. The minimum Gasteiger partial charge on any atom is -0.470 e. The van der Waals surface area contributed by atoms with E-state index in [0.29, 0.717) is 5.88 Å². The monoisotopic (exact) mass is 327 g/mol. The number of hydrogen-bond acceptors (Lipinski definition) is 2. The first-order valence-electron chi connectivity index (χ1n) is 6.70. The van der Waals surface area contributed by atoms with Crippen LogP contribution in [0.3, 0.4) is 0 Å². The van der Waals surface area contributed by atoms with Gasteiger partial charge in [0.15, 0.2) is 0 Å². The summed E-state index contributed by atoms with van der Waals surface area (Å²) in [5, 5.41) is 0. The normalized spacial score (nSPS) is 13.5. The second-order valence-electron chi connectivity index (χ2n) is 7.29. The molecule has 1 heterocycles. The molecule has 0 aliphatic carbocycles. The Balaban J connectivity index is 3.09.